The van der Waals surface area contributed by atoms with E-state index in [4.69, 9.17) is 0 Å². The van der Waals surface area contributed by atoms with E-state index >= 15 is 0 Å². The molecule has 0 saturated heterocycles. The van der Waals surface area contributed by atoms with E-state index in [-0.39, 0.29) is 24.4 Å². The van der Waals surface area contributed by atoms with Crippen molar-refractivity contribution in [2.75, 3.05) is 11.9 Å². The zero-order valence-electron chi connectivity index (χ0n) is 15.7. The topological polar surface area (TPSA) is 62.3 Å². The van der Waals surface area contributed by atoms with Gasteiger partial charge in [-0.2, -0.15) is 0 Å². The van der Waals surface area contributed by atoms with E-state index < -0.39 is 0 Å². The molecule has 0 saturated carbocycles. The maximum Gasteiger partial charge on any atom is 0.254 e. The summed E-state index contributed by atoms with van der Waals surface area (Å²) < 4.78 is 0. The van der Waals surface area contributed by atoms with Crippen LogP contribution in [0.5, 0.6) is 0 Å². The second kappa shape index (κ2) is 8.31. The number of anilines is 1. The van der Waals surface area contributed by atoms with Gasteiger partial charge in [0.15, 0.2) is 5.13 Å². The molecule has 0 aliphatic heterocycles. The number of benzene rings is 2. The molecule has 2 amide bonds. The number of nitrogens with one attached hydrogen (secondary N) is 1. The number of fused-ring (bicyclic) bond motifs is 1. The fraction of sp³-hybridized carbons (Fsp3) is 0.286. The molecule has 0 bridgehead atoms. The molecule has 1 heterocycles. The minimum Gasteiger partial charge on any atom is -0.327 e. The Morgan fingerprint density at radius 1 is 1.19 bits per heavy atom. The molecule has 1 atom stereocenters. The van der Waals surface area contributed by atoms with Crippen molar-refractivity contribution < 1.29 is 9.59 Å². The highest BCUT2D eigenvalue weighted by molar-refractivity contribution is 7.15. The van der Waals surface area contributed by atoms with Crippen LogP contribution in [0.15, 0.2) is 48.7 Å². The molecule has 0 fully saturated rings. The molecular weight excluding hydrogens is 358 g/mol. The van der Waals surface area contributed by atoms with Gasteiger partial charge in [0.2, 0.25) is 5.91 Å². The summed E-state index contributed by atoms with van der Waals surface area (Å²) in [6.07, 6.45) is 2.48. The highest BCUT2D eigenvalue weighted by Crippen LogP contribution is 2.19. The van der Waals surface area contributed by atoms with Crippen LogP contribution < -0.4 is 5.32 Å². The Bertz CT molecular complexity index is 967. The summed E-state index contributed by atoms with van der Waals surface area (Å²) in [5.41, 5.74) is 0.590. The summed E-state index contributed by atoms with van der Waals surface area (Å²) in [6.45, 7) is 5.90. The predicted molar refractivity (Wildman–Crippen MR) is 110 cm³/mol. The Morgan fingerprint density at radius 2 is 1.93 bits per heavy atom. The summed E-state index contributed by atoms with van der Waals surface area (Å²) in [7, 11) is 0. The summed E-state index contributed by atoms with van der Waals surface area (Å²) in [6, 6.07) is 13.5. The van der Waals surface area contributed by atoms with Crippen molar-refractivity contribution in [1.82, 2.24) is 9.88 Å². The van der Waals surface area contributed by atoms with Crippen molar-refractivity contribution in [3.8, 4) is 0 Å². The van der Waals surface area contributed by atoms with Gasteiger partial charge >= 0.3 is 0 Å². The van der Waals surface area contributed by atoms with Gasteiger partial charge in [0.05, 0.1) is 0 Å². The van der Waals surface area contributed by atoms with Gasteiger partial charge in [-0.1, -0.05) is 37.3 Å². The zero-order valence-corrected chi connectivity index (χ0v) is 16.5. The van der Waals surface area contributed by atoms with Crippen LogP contribution >= 0.6 is 11.3 Å². The number of carbonyl (C=O) groups excluding carboxylic acids is 2. The minimum atomic E-state index is -0.237. The molecule has 0 radical (unpaired) electrons. The molecule has 1 aromatic heterocycles. The quantitative estimate of drug-likeness (QED) is 0.684. The first-order chi connectivity index (χ1) is 13.0. The second-order valence-corrected chi connectivity index (χ2v) is 7.81. The van der Waals surface area contributed by atoms with E-state index in [1.54, 1.807) is 11.1 Å². The van der Waals surface area contributed by atoms with Crippen LogP contribution in [0.3, 0.4) is 0 Å². The molecule has 1 N–H and O–H groups in total. The highest BCUT2D eigenvalue weighted by atomic mass is 32.1. The molecule has 6 heteroatoms. The molecule has 27 heavy (non-hydrogen) atoms. The molecule has 2 aromatic carbocycles. The summed E-state index contributed by atoms with van der Waals surface area (Å²) in [5.74, 6) is -0.376. The first-order valence-electron chi connectivity index (χ1n) is 9.00. The summed E-state index contributed by atoms with van der Waals surface area (Å²) in [5, 5.41) is 5.43. The Hall–Kier alpha value is -2.73. The predicted octanol–water partition coefficient (Wildman–Crippen LogP) is 4.48. The van der Waals surface area contributed by atoms with Crippen LogP contribution in [0.1, 0.15) is 35.5 Å². The Kier molecular flexibility index (Phi) is 5.86. The monoisotopic (exact) mass is 381 g/mol. The van der Waals surface area contributed by atoms with Gasteiger partial charge in [-0.15, -0.1) is 11.3 Å². The molecule has 5 nitrogen and oxygen atoms in total. The third-order valence-electron chi connectivity index (χ3n) is 4.56. The lowest BCUT2D eigenvalue weighted by Gasteiger charge is -2.28. The number of carbonyl (C=O) groups is 2. The molecule has 0 spiro atoms. The first kappa shape index (κ1) is 19.0. The standard InChI is InChI=1S/C21H23N3O2S/c1-4-14(2)24(13-19(25)23-21-22-12-15(3)27-21)20(26)18-10-9-16-7-5-6-8-17(16)11-18/h5-12,14H,4,13H2,1-3H3,(H,22,23,25). The Balaban J connectivity index is 1.80. The van der Waals surface area contributed by atoms with E-state index in [1.165, 1.54) is 11.3 Å². The molecule has 140 valence electrons. The van der Waals surface area contributed by atoms with Crippen molar-refractivity contribution in [2.45, 2.75) is 33.2 Å². The van der Waals surface area contributed by atoms with E-state index in [9.17, 15) is 9.59 Å². The number of hydrogen-bond donors (Lipinski definition) is 1. The summed E-state index contributed by atoms with van der Waals surface area (Å²) in [4.78, 5) is 32.4. The maximum atomic E-state index is 13.1. The van der Waals surface area contributed by atoms with E-state index in [0.29, 0.717) is 10.7 Å². The number of nitrogens with zero attached hydrogens (tertiary/aromatic N) is 2. The van der Waals surface area contributed by atoms with Crippen molar-refractivity contribution in [3.05, 3.63) is 59.1 Å². The van der Waals surface area contributed by atoms with Crippen LogP contribution in [0, 0.1) is 6.92 Å². The van der Waals surface area contributed by atoms with E-state index in [2.05, 4.69) is 10.3 Å². The number of rotatable bonds is 6. The van der Waals surface area contributed by atoms with Gasteiger partial charge in [0.25, 0.3) is 5.91 Å². The fourth-order valence-corrected chi connectivity index (χ4v) is 3.54. The van der Waals surface area contributed by atoms with Crippen LogP contribution in [-0.2, 0) is 4.79 Å². The average Bonchev–Trinajstić information content (AvgIpc) is 3.09. The lowest BCUT2D eigenvalue weighted by molar-refractivity contribution is -0.117. The molecule has 1 unspecified atom stereocenters. The molecule has 0 aliphatic carbocycles. The van der Waals surface area contributed by atoms with Gasteiger partial charge < -0.3 is 10.2 Å². The van der Waals surface area contributed by atoms with Gasteiger partial charge in [0, 0.05) is 22.7 Å². The number of aryl methyl sites for hydroxylation is 1. The first-order valence-corrected chi connectivity index (χ1v) is 9.81. The number of aromatic nitrogens is 1. The molecule has 3 aromatic rings. The average molecular weight is 382 g/mol. The van der Waals surface area contributed by atoms with E-state index in [1.807, 2.05) is 63.2 Å². The minimum absolute atomic E-state index is 0.000700. The van der Waals surface area contributed by atoms with Gasteiger partial charge in [-0.3, -0.25) is 9.59 Å². The second-order valence-electron chi connectivity index (χ2n) is 6.58. The number of thiazole rings is 1. The van der Waals surface area contributed by atoms with Gasteiger partial charge in [-0.05, 0) is 43.2 Å². The normalized spacial score (nSPS) is 12.0. The van der Waals surface area contributed by atoms with Crippen LogP contribution in [0.2, 0.25) is 0 Å². The molecular formula is C21H23N3O2S. The Morgan fingerprint density at radius 3 is 2.59 bits per heavy atom. The molecule has 0 aliphatic rings. The highest BCUT2D eigenvalue weighted by Gasteiger charge is 2.23. The van der Waals surface area contributed by atoms with Gasteiger partial charge in [-0.25, -0.2) is 4.98 Å². The SMILES string of the molecule is CCC(C)N(CC(=O)Nc1ncc(C)s1)C(=O)c1ccc2ccccc2c1. The van der Waals surface area contributed by atoms with Crippen LogP contribution in [0.25, 0.3) is 10.8 Å². The van der Waals surface area contributed by atoms with Gasteiger partial charge in [0.1, 0.15) is 6.54 Å². The zero-order chi connectivity index (χ0) is 19.4. The fourth-order valence-electron chi connectivity index (χ4n) is 2.86. The maximum absolute atomic E-state index is 13.1. The largest absolute Gasteiger partial charge is 0.327 e. The van der Waals surface area contributed by atoms with Crippen LogP contribution in [0.4, 0.5) is 5.13 Å². The van der Waals surface area contributed by atoms with Crippen LogP contribution in [-0.4, -0.2) is 34.3 Å². The lowest BCUT2D eigenvalue weighted by Crippen LogP contribution is -2.43. The van der Waals surface area contributed by atoms with Crippen molar-refractivity contribution in [3.63, 3.8) is 0 Å². The molecule has 3 rings (SSSR count). The Labute approximate surface area is 163 Å². The lowest BCUT2D eigenvalue weighted by atomic mass is 10.1. The van der Waals surface area contributed by atoms with Crippen molar-refractivity contribution in [1.29, 1.82) is 0 Å². The number of amides is 2. The third kappa shape index (κ3) is 4.52. The number of hydrogen-bond acceptors (Lipinski definition) is 4. The van der Waals surface area contributed by atoms with Crippen molar-refractivity contribution >= 4 is 39.1 Å². The smallest absolute Gasteiger partial charge is 0.254 e. The van der Waals surface area contributed by atoms with E-state index in [0.717, 1.165) is 22.1 Å². The summed E-state index contributed by atoms with van der Waals surface area (Å²) >= 11 is 1.42. The third-order valence-corrected chi connectivity index (χ3v) is 5.39. The van der Waals surface area contributed by atoms with Crippen molar-refractivity contribution in [2.24, 2.45) is 0 Å².